The second kappa shape index (κ2) is 7.99. The maximum atomic E-state index is 12.6. The molecule has 0 N–H and O–H groups in total. The summed E-state index contributed by atoms with van der Waals surface area (Å²) >= 11 is 6.05. The molecule has 1 aromatic carbocycles. The molecular formula is C15H21ClN2O4S. The Morgan fingerprint density at radius 3 is 2.65 bits per heavy atom. The van der Waals surface area contributed by atoms with Gasteiger partial charge in [0, 0.05) is 31.2 Å². The Kier molecular flexibility index (Phi) is 6.26. The topological polar surface area (TPSA) is 66.9 Å². The maximum Gasteiger partial charge on any atom is 0.409 e. The molecule has 0 spiro atoms. The van der Waals surface area contributed by atoms with Crippen molar-refractivity contribution in [2.45, 2.75) is 19.1 Å². The van der Waals surface area contributed by atoms with Crippen molar-refractivity contribution in [3.8, 4) is 0 Å². The highest BCUT2D eigenvalue weighted by Crippen LogP contribution is 2.20. The van der Waals surface area contributed by atoms with Crippen molar-refractivity contribution in [2.75, 3.05) is 32.8 Å². The standard InChI is InChI=1S/C15H21ClN2O4S/c1-2-22-15(19)17-8-5-9-18(11-10-17)23(20,21)12-13-6-3-4-7-14(13)16/h3-4,6-7H,2,5,8-12H2,1H3. The van der Waals surface area contributed by atoms with E-state index in [1.807, 2.05) is 0 Å². The van der Waals surface area contributed by atoms with Gasteiger partial charge in [-0.1, -0.05) is 29.8 Å². The van der Waals surface area contributed by atoms with Gasteiger partial charge in [0.1, 0.15) is 0 Å². The monoisotopic (exact) mass is 360 g/mol. The largest absolute Gasteiger partial charge is 0.450 e. The SMILES string of the molecule is CCOC(=O)N1CCCN(S(=O)(=O)Cc2ccccc2Cl)CC1. The van der Waals surface area contributed by atoms with Crippen LogP contribution in [0.5, 0.6) is 0 Å². The van der Waals surface area contributed by atoms with Crippen LogP contribution in [0.4, 0.5) is 4.79 Å². The predicted octanol–water partition coefficient (Wildman–Crippen LogP) is 2.33. The van der Waals surface area contributed by atoms with E-state index in [9.17, 15) is 13.2 Å². The summed E-state index contributed by atoms with van der Waals surface area (Å²) in [4.78, 5) is 13.3. The summed E-state index contributed by atoms with van der Waals surface area (Å²) in [6.45, 7) is 3.55. The van der Waals surface area contributed by atoms with Crippen molar-refractivity contribution >= 4 is 27.7 Å². The summed E-state index contributed by atoms with van der Waals surface area (Å²) in [7, 11) is -3.47. The summed E-state index contributed by atoms with van der Waals surface area (Å²) in [5, 5.41) is 0.444. The van der Waals surface area contributed by atoms with E-state index >= 15 is 0 Å². The number of hydrogen-bond acceptors (Lipinski definition) is 4. The summed E-state index contributed by atoms with van der Waals surface area (Å²) < 4.78 is 31.6. The number of sulfonamides is 1. The molecular weight excluding hydrogens is 340 g/mol. The van der Waals surface area contributed by atoms with Gasteiger partial charge in [0.25, 0.3) is 0 Å². The first kappa shape index (κ1) is 18.0. The van der Waals surface area contributed by atoms with Gasteiger partial charge >= 0.3 is 6.09 Å². The first-order valence-corrected chi connectivity index (χ1v) is 9.55. The first-order chi connectivity index (χ1) is 10.9. The molecule has 0 unspecified atom stereocenters. The Labute approximate surface area is 142 Å². The average Bonchev–Trinajstić information content (AvgIpc) is 2.76. The van der Waals surface area contributed by atoms with Crippen molar-refractivity contribution in [2.24, 2.45) is 0 Å². The fourth-order valence-electron chi connectivity index (χ4n) is 2.47. The molecule has 0 bridgehead atoms. The molecule has 1 heterocycles. The van der Waals surface area contributed by atoms with Crippen LogP contribution < -0.4 is 0 Å². The average molecular weight is 361 g/mol. The van der Waals surface area contributed by atoms with E-state index in [1.165, 1.54) is 4.31 Å². The zero-order valence-electron chi connectivity index (χ0n) is 13.1. The van der Waals surface area contributed by atoms with Crippen molar-refractivity contribution in [3.05, 3.63) is 34.9 Å². The number of benzene rings is 1. The lowest BCUT2D eigenvalue weighted by Crippen LogP contribution is -2.38. The van der Waals surface area contributed by atoms with E-state index in [-0.39, 0.29) is 12.3 Å². The molecule has 2 rings (SSSR count). The van der Waals surface area contributed by atoms with Crippen LogP contribution in [0.2, 0.25) is 5.02 Å². The third-order valence-corrected chi connectivity index (χ3v) is 5.87. The molecule has 0 atom stereocenters. The minimum Gasteiger partial charge on any atom is -0.450 e. The molecule has 1 amide bonds. The molecule has 8 heteroatoms. The highest BCUT2D eigenvalue weighted by molar-refractivity contribution is 7.88. The van der Waals surface area contributed by atoms with Gasteiger partial charge in [-0.15, -0.1) is 0 Å². The van der Waals surface area contributed by atoms with E-state index in [0.29, 0.717) is 43.2 Å². The Balaban J connectivity index is 2.03. The van der Waals surface area contributed by atoms with Gasteiger partial charge in [0.15, 0.2) is 0 Å². The van der Waals surface area contributed by atoms with E-state index in [1.54, 1.807) is 36.1 Å². The summed E-state index contributed by atoms with van der Waals surface area (Å²) in [5.41, 5.74) is 0.584. The normalized spacial score (nSPS) is 16.9. The third kappa shape index (κ3) is 4.83. The van der Waals surface area contributed by atoms with Crippen LogP contribution in [0.3, 0.4) is 0 Å². The summed E-state index contributed by atoms with van der Waals surface area (Å²) in [5.74, 6) is -0.133. The van der Waals surface area contributed by atoms with Gasteiger partial charge in [-0.2, -0.15) is 4.31 Å². The lowest BCUT2D eigenvalue weighted by Gasteiger charge is -2.21. The Morgan fingerprint density at radius 1 is 1.22 bits per heavy atom. The molecule has 0 aromatic heterocycles. The third-order valence-electron chi connectivity index (χ3n) is 3.67. The number of rotatable bonds is 4. The Bertz CT molecular complexity index is 651. The van der Waals surface area contributed by atoms with Gasteiger partial charge in [0.05, 0.1) is 12.4 Å². The lowest BCUT2D eigenvalue weighted by atomic mass is 10.2. The maximum absolute atomic E-state index is 12.6. The minimum absolute atomic E-state index is 0.133. The minimum atomic E-state index is -3.47. The fourth-order valence-corrected chi connectivity index (χ4v) is 4.35. The number of nitrogens with zero attached hydrogens (tertiary/aromatic N) is 2. The van der Waals surface area contributed by atoms with Crippen molar-refractivity contribution in [3.63, 3.8) is 0 Å². The van der Waals surface area contributed by atoms with E-state index < -0.39 is 16.1 Å². The molecule has 6 nitrogen and oxygen atoms in total. The molecule has 1 aromatic rings. The van der Waals surface area contributed by atoms with Crippen LogP contribution in [-0.2, 0) is 20.5 Å². The number of hydrogen-bond donors (Lipinski definition) is 0. The highest BCUT2D eigenvalue weighted by atomic mass is 35.5. The van der Waals surface area contributed by atoms with Gasteiger partial charge in [-0.25, -0.2) is 13.2 Å². The number of carbonyl (C=O) groups excluding carboxylic acids is 1. The highest BCUT2D eigenvalue weighted by Gasteiger charge is 2.27. The van der Waals surface area contributed by atoms with Gasteiger partial charge < -0.3 is 9.64 Å². The number of halogens is 1. The lowest BCUT2D eigenvalue weighted by molar-refractivity contribution is 0.109. The quantitative estimate of drug-likeness (QED) is 0.826. The van der Waals surface area contributed by atoms with E-state index in [4.69, 9.17) is 16.3 Å². The Hall–Kier alpha value is -1.31. The molecule has 1 fully saturated rings. The zero-order chi connectivity index (χ0) is 16.9. The van der Waals surface area contributed by atoms with Crippen LogP contribution in [0.15, 0.2) is 24.3 Å². The molecule has 1 aliphatic heterocycles. The summed E-state index contributed by atoms with van der Waals surface area (Å²) in [6, 6.07) is 6.92. The van der Waals surface area contributed by atoms with E-state index in [0.717, 1.165) is 0 Å². The van der Waals surface area contributed by atoms with E-state index in [2.05, 4.69) is 0 Å². The zero-order valence-corrected chi connectivity index (χ0v) is 14.6. The van der Waals surface area contributed by atoms with Crippen LogP contribution in [0.1, 0.15) is 18.9 Å². The van der Waals surface area contributed by atoms with Crippen LogP contribution in [0, 0.1) is 0 Å². The number of carbonyl (C=O) groups is 1. The van der Waals surface area contributed by atoms with Gasteiger partial charge in [0.2, 0.25) is 10.0 Å². The molecule has 1 saturated heterocycles. The second-order valence-electron chi connectivity index (χ2n) is 5.29. The molecule has 0 saturated carbocycles. The van der Waals surface area contributed by atoms with Gasteiger partial charge in [-0.3, -0.25) is 0 Å². The second-order valence-corrected chi connectivity index (χ2v) is 7.66. The summed E-state index contributed by atoms with van der Waals surface area (Å²) in [6.07, 6.45) is 0.193. The smallest absolute Gasteiger partial charge is 0.409 e. The van der Waals surface area contributed by atoms with Crippen LogP contribution in [-0.4, -0.2) is 56.5 Å². The van der Waals surface area contributed by atoms with Crippen molar-refractivity contribution < 1.29 is 17.9 Å². The number of amides is 1. The molecule has 0 aliphatic carbocycles. The van der Waals surface area contributed by atoms with Crippen molar-refractivity contribution in [1.82, 2.24) is 9.21 Å². The fraction of sp³-hybridized carbons (Fsp3) is 0.533. The van der Waals surface area contributed by atoms with Crippen LogP contribution in [0.25, 0.3) is 0 Å². The van der Waals surface area contributed by atoms with Gasteiger partial charge in [-0.05, 0) is 25.0 Å². The molecule has 23 heavy (non-hydrogen) atoms. The molecule has 1 aliphatic rings. The molecule has 0 radical (unpaired) electrons. The first-order valence-electron chi connectivity index (χ1n) is 7.57. The Morgan fingerprint density at radius 2 is 1.96 bits per heavy atom. The number of ether oxygens (including phenoxy) is 1. The molecule has 128 valence electrons. The van der Waals surface area contributed by atoms with Crippen LogP contribution >= 0.6 is 11.6 Å². The van der Waals surface area contributed by atoms with Crippen molar-refractivity contribution in [1.29, 1.82) is 0 Å². The predicted molar refractivity (Wildman–Crippen MR) is 88.9 cm³/mol.